The quantitative estimate of drug-likeness (QED) is 0.383. The Morgan fingerprint density at radius 1 is 1.10 bits per heavy atom. The van der Waals surface area contributed by atoms with E-state index in [2.05, 4.69) is 5.32 Å². The molecule has 2 aromatic carbocycles. The predicted molar refractivity (Wildman–Crippen MR) is 113 cm³/mol. The van der Waals surface area contributed by atoms with Crippen molar-refractivity contribution in [3.05, 3.63) is 59.7 Å². The van der Waals surface area contributed by atoms with Crippen molar-refractivity contribution in [3.8, 4) is 17.6 Å². The highest BCUT2D eigenvalue weighted by Crippen LogP contribution is 2.19. The number of anilines is 1. The van der Waals surface area contributed by atoms with Gasteiger partial charge < -0.3 is 19.5 Å². The second-order valence-electron chi connectivity index (χ2n) is 6.48. The van der Waals surface area contributed by atoms with Gasteiger partial charge in [0.05, 0.1) is 12.7 Å². The van der Waals surface area contributed by atoms with E-state index in [4.69, 9.17) is 14.2 Å². The van der Waals surface area contributed by atoms with Crippen LogP contribution in [0.2, 0.25) is 0 Å². The molecule has 0 fully saturated rings. The minimum atomic E-state index is -0.525. The molecular weight excluding hydrogens is 384 g/mol. The van der Waals surface area contributed by atoms with Gasteiger partial charge in [-0.25, -0.2) is 4.79 Å². The number of carbonyl (C=O) groups is 2. The molecule has 156 valence electrons. The zero-order valence-corrected chi connectivity index (χ0v) is 17.2. The maximum atomic E-state index is 12.4. The summed E-state index contributed by atoms with van der Waals surface area (Å²) in [7, 11) is 0. The summed E-state index contributed by atoms with van der Waals surface area (Å²) in [5.41, 5.74) is 1.12. The average Bonchev–Trinajstić information content (AvgIpc) is 2.71. The van der Waals surface area contributed by atoms with Crippen LogP contribution < -0.4 is 14.8 Å². The molecule has 7 nitrogen and oxygen atoms in total. The first-order valence-electron chi connectivity index (χ1n) is 9.49. The molecule has 0 bridgehead atoms. The Kier molecular flexibility index (Phi) is 8.45. The molecule has 0 radical (unpaired) electrons. The molecule has 0 saturated carbocycles. The molecule has 0 atom stereocenters. The highest BCUT2D eigenvalue weighted by Gasteiger charge is 2.11. The molecular formula is C23H24N2O5. The Bertz CT molecular complexity index is 943. The van der Waals surface area contributed by atoms with E-state index < -0.39 is 11.9 Å². The molecule has 2 aromatic rings. The summed E-state index contributed by atoms with van der Waals surface area (Å²) in [6, 6.07) is 15.5. The van der Waals surface area contributed by atoms with Crippen LogP contribution in [0.15, 0.2) is 54.1 Å². The zero-order chi connectivity index (χ0) is 21.9. The van der Waals surface area contributed by atoms with Crippen molar-refractivity contribution in [2.75, 3.05) is 18.5 Å². The number of nitrogens with zero attached hydrogens (tertiary/aromatic N) is 1. The van der Waals surface area contributed by atoms with Gasteiger partial charge in [-0.15, -0.1) is 0 Å². The van der Waals surface area contributed by atoms with Gasteiger partial charge in [0.25, 0.3) is 5.91 Å². The van der Waals surface area contributed by atoms with Gasteiger partial charge in [-0.05, 0) is 56.7 Å². The molecule has 0 aromatic heterocycles. The van der Waals surface area contributed by atoms with Gasteiger partial charge in [0.15, 0.2) is 6.61 Å². The molecule has 0 aliphatic rings. The summed E-state index contributed by atoms with van der Waals surface area (Å²) in [6.07, 6.45) is 1.27. The molecule has 2 rings (SSSR count). The lowest BCUT2D eigenvalue weighted by Crippen LogP contribution is -2.18. The highest BCUT2D eigenvalue weighted by atomic mass is 16.6. The van der Waals surface area contributed by atoms with E-state index in [0.29, 0.717) is 29.4 Å². The molecule has 1 amide bonds. The molecule has 0 unspecified atom stereocenters. The van der Waals surface area contributed by atoms with Crippen LogP contribution >= 0.6 is 0 Å². The second-order valence-corrected chi connectivity index (χ2v) is 6.48. The monoisotopic (exact) mass is 408 g/mol. The van der Waals surface area contributed by atoms with Crippen molar-refractivity contribution in [1.82, 2.24) is 0 Å². The van der Waals surface area contributed by atoms with E-state index in [1.54, 1.807) is 62.4 Å². The lowest BCUT2D eigenvalue weighted by molar-refractivity contribution is -0.149. The molecule has 0 spiro atoms. The number of carbonyl (C=O) groups excluding carboxylic acids is 2. The second kappa shape index (κ2) is 11.3. The number of ether oxygens (including phenoxy) is 3. The standard InChI is InChI=1S/C23H24N2O5/c1-4-28-21-7-5-6-19(13-21)25-23(27)18(14-24)12-17-8-10-20(11-9-17)29-15-22(26)30-16(2)3/h5-13,16H,4,15H2,1-3H3,(H,25,27)/b18-12-. The molecule has 0 aliphatic heterocycles. The third-order valence-corrected chi connectivity index (χ3v) is 3.68. The highest BCUT2D eigenvalue weighted by molar-refractivity contribution is 6.09. The fourth-order valence-electron chi connectivity index (χ4n) is 2.44. The number of amides is 1. The van der Waals surface area contributed by atoms with Crippen LogP contribution in [0.1, 0.15) is 26.3 Å². The van der Waals surface area contributed by atoms with Crippen molar-refractivity contribution in [1.29, 1.82) is 5.26 Å². The van der Waals surface area contributed by atoms with Crippen LogP contribution in [0.4, 0.5) is 5.69 Å². The molecule has 0 aliphatic carbocycles. The lowest BCUT2D eigenvalue weighted by atomic mass is 10.1. The van der Waals surface area contributed by atoms with Gasteiger partial charge in [-0.3, -0.25) is 4.79 Å². The van der Waals surface area contributed by atoms with Crippen LogP contribution in [0, 0.1) is 11.3 Å². The van der Waals surface area contributed by atoms with Crippen molar-refractivity contribution in [2.24, 2.45) is 0 Å². The normalized spacial score (nSPS) is 10.8. The number of hydrogen-bond donors (Lipinski definition) is 1. The average molecular weight is 408 g/mol. The maximum absolute atomic E-state index is 12.4. The SMILES string of the molecule is CCOc1cccc(NC(=O)/C(C#N)=C\c2ccc(OCC(=O)OC(C)C)cc2)c1. The van der Waals surface area contributed by atoms with E-state index in [0.717, 1.165) is 0 Å². The number of nitriles is 1. The number of rotatable bonds is 9. The molecule has 7 heteroatoms. The van der Waals surface area contributed by atoms with Crippen molar-refractivity contribution in [3.63, 3.8) is 0 Å². The zero-order valence-electron chi connectivity index (χ0n) is 17.2. The Morgan fingerprint density at radius 2 is 1.83 bits per heavy atom. The van der Waals surface area contributed by atoms with Crippen LogP contribution in [0.3, 0.4) is 0 Å². The summed E-state index contributed by atoms with van der Waals surface area (Å²) in [5, 5.41) is 12.1. The van der Waals surface area contributed by atoms with Crippen molar-refractivity contribution < 1.29 is 23.8 Å². The number of benzene rings is 2. The first-order chi connectivity index (χ1) is 14.4. The fourth-order valence-corrected chi connectivity index (χ4v) is 2.44. The van der Waals surface area contributed by atoms with Gasteiger partial charge in [0, 0.05) is 11.8 Å². The van der Waals surface area contributed by atoms with Crippen LogP contribution in [0.5, 0.6) is 11.5 Å². The number of esters is 1. The van der Waals surface area contributed by atoms with Gasteiger partial charge in [-0.2, -0.15) is 5.26 Å². The molecule has 1 N–H and O–H groups in total. The third-order valence-electron chi connectivity index (χ3n) is 3.68. The largest absolute Gasteiger partial charge is 0.494 e. The number of hydrogen-bond acceptors (Lipinski definition) is 6. The Balaban J connectivity index is 2.01. The topological polar surface area (TPSA) is 97.6 Å². The van der Waals surface area contributed by atoms with E-state index in [9.17, 15) is 14.9 Å². The van der Waals surface area contributed by atoms with Gasteiger partial charge in [-0.1, -0.05) is 18.2 Å². The van der Waals surface area contributed by atoms with E-state index in [1.165, 1.54) is 6.08 Å². The summed E-state index contributed by atoms with van der Waals surface area (Å²) >= 11 is 0. The summed E-state index contributed by atoms with van der Waals surface area (Å²) in [5.74, 6) is 0.128. The minimum absolute atomic E-state index is 0.0500. The Labute approximate surface area is 175 Å². The Morgan fingerprint density at radius 3 is 2.47 bits per heavy atom. The summed E-state index contributed by atoms with van der Waals surface area (Å²) < 4.78 is 15.8. The first-order valence-corrected chi connectivity index (χ1v) is 9.49. The summed E-state index contributed by atoms with van der Waals surface area (Å²) in [4.78, 5) is 23.9. The van der Waals surface area contributed by atoms with E-state index in [-0.39, 0.29) is 18.3 Å². The molecule has 0 heterocycles. The first kappa shape index (κ1) is 22.5. The van der Waals surface area contributed by atoms with Crippen LogP contribution in [-0.2, 0) is 14.3 Å². The third kappa shape index (κ3) is 7.32. The van der Waals surface area contributed by atoms with Crippen LogP contribution in [-0.4, -0.2) is 31.2 Å². The smallest absolute Gasteiger partial charge is 0.344 e. The molecule has 0 saturated heterocycles. The maximum Gasteiger partial charge on any atom is 0.344 e. The van der Waals surface area contributed by atoms with E-state index >= 15 is 0 Å². The fraction of sp³-hybridized carbons (Fsp3) is 0.261. The van der Waals surface area contributed by atoms with Gasteiger partial charge >= 0.3 is 5.97 Å². The lowest BCUT2D eigenvalue weighted by Gasteiger charge is -2.09. The van der Waals surface area contributed by atoms with Crippen molar-refractivity contribution in [2.45, 2.75) is 26.9 Å². The summed E-state index contributed by atoms with van der Waals surface area (Å²) in [6.45, 7) is 5.71. The number of nitrogens with one attached hydrogen (secondary N) is 1. The predicted octanol–water partition coefficient (Wildman–Crippen LogP) is 3.96. The van der Waals surface area contributed by atoms with Gasteiger partial charge in [0.1, 0.15) is 23.1 Å². The molecule has 30 heavy (non-hydrogen) atoms. The minimum Gasteiger partial charge on any atom is -0.494 e. The Hall–Kier alpha value is -3.79. The van der Waals surface area contributed by atoms with E-state index in [1.807, 2.05) is 13.0 Å². The van der Waals surface area contributed by atoms with Crippen molar-refractivity contribution >= 4 is 23.6 Å². The van der Waals surface area contributed by atoms with Gasteiger partial charge in [0.2, 0.25) is 0 Å². The van der Waals surface area contributed by atoms with Crippen LogP contribution in [0.25, 0.3) is 6.08 Å².